The molecule has 1 aliphatic rings. The van der Waals surface area contributed by atoms with Crippen LogP contribution in [-0.2, 0) is 20.8 Å². The quantitative estimate of drug-likeness (QED) is 0.422. The van der Waals surface area contributed by atoms with Crippen LogP contribution in [0.2, 0.25) is 0 Å². The Kier molecular flexibility index (Phi) is 6.99. The van der Waals surface area contributed by atoms with Crippen LogP contribution in [0.4, 0.5) is 32.2 Å². The van der Waals surface area contributed by atoms with Crippen molar-refractivity contribution >= 4 is 22.1 Å². The third-order valence-electron chi connectivity index (χ3n) is 5.74. The SMILES string of the molecule is CC(Oc1ccccc1C1CN(C=O)CCN1c1ccc(C(F)(F)F)cn1)(C(F)(F)F)S(C)(=O)=O. The molecule has 1 saturated heterocycles. The van der Waals surface area contributed by atoms with E-state index in [1.54, 1.807) is 0 Å². The lowest BCUT2D eigenvalue weighted by Crippen LogP contribution is -2.54. The molecule has 14 heteroatoms. The monoisotopic (exact) mass is 525 g/mol. The fourth-order valence-corrected chi connectivity index (χ4v) is 4.23. The maximum atomic E-state index is 13.8. The van der Waals surface area contributed by atoms with E-state index in [1.807, 2.05) is 0 Å². The third-order valence-corrected chi connectivity index (χ3v) is 7.47. The Labute approximate surface area is 197 Å². The molecule has 0 N–H and O–H groups in total. The molecule has 35 heavy (non-hydrogen) atoms. The van der Waals surface area contributed by atoms with E-state index in [4.69, 9.17) is 4.74 Å². The third kappa shape index (κ3) is 5.31. The summed E-state index contributed by atoms with van der Waals surface area (Å²) >= 11 is 0. The Morgan fingerprint density at radius 2 is 1.71 bits per heavy atom. The van der Waals surface area contributed by atoms with Gasteiger partial charge in [-0.3, -0.25) is 4.79 Å². The second kappa shape index (κ2) is 9.21. The number of carbonyl (C=O) groups is 1. The summed E-state index contributed by atoms with van der Waals surface area (Å²) in [4.78, 5) is 14.6. The summed E-state index contributed by atoms with van der Waals surface area (Å²) in [5.74, 6) is -0.322. The molecule has 2 atom stereocenters. The molecule has 1 aromatic carbocycles. The molecule has 2 heterocycles. The highest BCUT2D eigenvalue weighted by Gasteiger charge is 2.61. The number of anilines is 1. The van der Waals surface area contributed by atoms with Crippen molar-refractivity contribution in [3.8, 4) is 5.75 Å². The van der Waals surface area contributed by atoms with Gasteiger partial charge in [0, 0.05) is 37.7 Å². The van der Waals surface area contributed by atoms with Crippen molar-refractivity contribution in [2.75, 3.05) is 30.8 Å². The summed E-state index contributed by atoms with van der Waals surface area (Å²) in [6.45, 7) is 0.606. The standard InChI is InChI=1S/C21H21F6N3O4S/c1-19(21(25,26)27,35(2,32)33)34-17-6-4-3-5-15(17)16-12-29(13-31)9-10-30(16)18-8-7-14(11-28-18)20(22,23)24/h3-8,11,13,16H,9-10,12H2,1-2H3. The van der Waals surface area contributed by atoms with Crippen LogP contribution in [0, 0.1) is 0 Å². The van der Waals surface area contributed by atoms with E-state index in [0.29, 0.717) is 25.8 Å². The molecule has 0 spiro atoms. The fourth-order valence-electron chi connectivity index (χ4n) is 3.57. The minimum absolute atomic E-state index is 0.0613. The molecule has 0 radical (unpaired) electrons. The van der Waals surface area contributed by atoms with E-state index in [-0.39, 0.29) is 31.0 Å². The van der Waals surface area contributed by atoms with Gasteiger partial charge in [0.05, 0.1) is 11.6 Å². The average Bonchev–Trinajstić information content (AvgIpc) is 2.77. The lowest BCUT2D eigenvalue weighted by molar-refractivity contribution is -0.207. The molecule has 0 saturated carbocycles. The van der Waals surface area contributed by atoms with Crippen molar-refractivity contribution in [1.29, 1.82) is 0 Å². The number of pyridine rings is 1. The predicted octanol–water partition coefficient (Wildman–Crippen LogP) is 3.82. The van der Waals surface area contributed by atoms with Crippen LogP contribution in [0.5, 0.6) is 5.75 Å². The van der Waals surface area contributed by atoms with Crippen molar-refractivity contribution in [2.24, 2.45) is 0 Å². The highest BCUT2D eigenvalue weighted by atomic mass is 32.2. The minimum atomic E-state index is -5.29. The van der Waals surface area contributed by atoms with Crippen LogP contribution in [0.15, 0.2) is 42.6 Å². The largest absolute Gasteiger partial charge is 0.462 e. The first-order chi connectivity index (χ1) is 16.1. The van der Waals surface area contributed by atoms with E-state index in [9.17, 15) is 39.6 Å². The first-order valence-corrected chi connectivity index (χ1v) is 12.0. The summed E-state index contributed by atoms with van der Waals surface area (Å²) in [5, 5.41) is 0. The van der Waals surface area contributed by atoms with Crippen molar-refractivity contribution in [3.63, 3.8) is 0 Å². The number of ether oxygens (including phenoxy) is 1. The van der Waals surface area contributed by atoms with Gasteiger partial charge in [-0.2, -0.15) is 26.3 Å². The minimum Gasteiger partial charge on any atom is -0.462 e. The Balaban J connectivity index is 2.08. The molecule has 2 aromatic rings. The normalized spacial score (nSPS) is 19.3. The molecule has 1 fully saturated rings. The van der Waals surface area contributed by atoms with Crippen molar-refractivity contribution in [3.05, 3.63) is 53.7 Å². The maximum Gasteiger partial charge on any atom is 0.443 e. The van der Waals surface area contributed by atoms with Crippen LogP contribution in [0.1, 0.15) is 24.1 Å². The van der Waals surface area contributed by atoms with Crippen LogP contribution in [0.25, 0.3) is 0 Å². The predicted molar refractivity (Wildman–Crippen MR) is 113 cm³/mol. The number of hydrogen-bond acceptors (Lipinski definition) is 6. The number of amides is 1. The van der Waals surface area contributed by atoms with Crippen molar-refractivity contribution < 1.29 is 44.3 Å². The number of rotatable bonds is 6. The van der Waals surface area contributed by atoms with E-state index < -0.39 is 44.5 Å². The van der Waals surface area contributed by atoms with Gasteiger partial charge in [0.25, 0.3) is 4.93 Å². The van der Waals surface area contributed by atoms with Gasteiger partial charge in [-0.05, 0) is 25.1 Å². The molecule has 3 rings (SSSR count). The van der Waals surface area contributed by atoms with Gasteiger partial charge in [-0.1, -0.05) is 18.2 Å². The van der Waals surface area contributed by atoms with Crippen LogP contribution < -0.4 is 9.64 Å². The second-order valence-electron chi connectivity index (χ2n) is 8.07. The number of piperazine rings is 1. The number of halogens is 6. The van der Waals surface area contributed by atoms with Gasteiger partial charge < -0.3 is 14.5 Å². The van der Waals surface area contributed by atoms with Crippen molar-refractivity contribution in [1.82, 2.24) is 9.88 Å². The van der Waals surface area contributed by atoms with E-state index in [2.05, 4.69) is 4.98 Å². The maximum absolute atomic E-state index is 13.8. The number of alkyl halides is 6. The second-order valence-corrected chi connectivity index (χ2v) is 10.4. The number of para-hydroxylation sites is 1. The van der Waals surface area contributed by atoms with Gasteiger partial charge in [0.1, 0.15) is 11.6 Å². The summed E-state index contributed by atoms with van der Waals surface area (Å²) in [5.41, 5.74) is -0.887. The van der Waals surface area contributed by atoms with Crippen LogP contribution in [0.3, 0.4) is 0 Å². The molecular weight excluding hydrogens is 504 g/mol. The Morgan fingerprint density at radius 1 is 1.06 bits per heavy atom. The molecule has 1 amide bonds. The Hall–Kier alpha value is -3.03. The van der Waals surface area contributed by atoms with Crippen molar-refractivity contribution in [2.45, 2.75) is 30.3 Å². The molecule has 0 aliphatic carbocycles. The average molecular weight is 525 g/mol. The lowest BCUT2D eigenvalue weighted by Gasteiger charge is -2.42. The van der Waals surface area contributed by atoms with Gasteiger partial charge >= 0.3 is 12.4 Å². The zero-order valence-electron chi connectivity index (χ0n) is 18.5. The smallest absolute Gasteiger partial charge is 0.443 e. The highest BCUT2D eigenvalue weighted by molar-refractivity contribution is 7.92. The lowest BCUT2D eigenvalue weighted by atomic mass is 10.0. The molecule has 2 unspecified atom stereocenters. The number of hydrogen-bond donors (Lipinski definition) is 0. The number of nitrogens with zero attached hydrogens (tertiary/aromatic N) is 3. The number of sulfone groups is 1. The number of carbonyl (C=O) groups excluding carboxylic acids is 1. The van der Waals surface area contributed by atoms with Gasteiger partial charge in [0.2, 0.25) is 6.41 Å². The first-order valence-electron chi connectivity index (χ1n) is 10.1. The Bertz CT molecular complexity index is 1170. The summed E-state index contributed by atoms with van der Waals surface area (Å²) in [6.07, 6.45) is -8.34. The molecule has 1 aliphatic heterocycles. The molecule has 7 nitrogen and oxygen atoms in total. The zero-order chi connectivity index (χ0) is 26.2. The topological polar surface area (TPSA) is 79.8 Å². The zero-order valence-corrected chi connectivity index (χ0v) is 19.3. The van der Waals surface area contributed by atoms with Gasteiger partial charge in [0.15, 0.2) is 9.84 Å². The fraction of sp³-hybridized carbons (Fsp3) is 0.429. The van der Waals surface area contributed by atoms with Crippen LogP contribution in [-0.4, -0.2) is 61.7 Å². The summed E-state index contributed by atoms with van der Waals surface area (Å²) in [7, 11) is -4.81. The first kappa shape index (κ1) is 26.6. The molecular formula is C21H21F6N3O4S. The molecule has 192 valence electrons. The Morgan fingerprint density at radius 3 is 2.23 bits per heavy atom. The van der Waals surface area contributed by atoms with E-state index in [1.165, 1.54) is 28.0 Å². The van der Waals surface area contributed by atoms with Gasteiger partial charge in [-0.25, -0.2) is 13.4 Å². The summed E-state index contributed by atoms with van der Waals surface area (Å²) in [6, 6.07) is 6.41. The van der Waals surface area contributed by atoms with E-state index in [0.717, 1.165) is 18.2 Å². The van der Waals surface area contributed by atoms with Gasteiger partial charge in [-0.15, -0.1) is 0 Å². The van der Waals surface area contributed by atoms with Crippen LogP contribution >= 0.6 is 0 Å². The highest BCUT2D eigenvalue weighted by Crippen LogP contribution is 2.42. The summed E-state index contributed by atoms with van der Waals surface area (Å²) < 4.78 is 109. The number of aromatic nitrogens is 1. The van der Waals surface area contributed by atoms with E-state index >= 15 is 0 Å². The molecule has 0 bridgehead atoms. The number of benzene rings is 1. The molecule has 1 aromatic heterocycles.